The van der Waals surface area contributed by atoms with Gasteiger partial charge in [-0.15, -0.1) is 0 Å². The van der Waals surface area contributed by atoms with Crippen molar-refractivity contribution in [2.45, 2.75) is 13.8 Å². The summed E-state index contributed by atoms with van der Waals surface area (Å²) in [6.07, 6.45) is 0. The van der Waals surface area contributed by atoms with Crippen LogP contribution in [0.15, 0.2) is 30.3 Å². The van der Waals surface area contributed by atoms with Gasteiger partial charge >= 0.3 is 0 Å². The van der Waals surface area contributed by atoms with E-state index in [1.807, 2.05) is 19.1 Å². The van der Waals surface area contributed by atoms with Gasteiger partial charge in [-0.25, -0.2) is 9.37 Å². The van der Waals surface area contributed by atoms with Crippen LogP contribution in [0, 0.1) is 19.7 Å². The van der Waals surface area contributed by atoms with Crippen LogP contribution in [0.4, 0.5) is 4.39 Å². The fraction of sp³-hybridized carbons (Fsp3) is 0.125. The molecule has 2 heterocycles. The van der Waals surface area contributed by atoms with Gasteiger partial charge in [0.2, 0.25) is 0 Å². The first-order valence-corrected chi connectivity index (χ1v) is 6.73. The van der Waals surface area contributed by atoms with Gasteiger partial charge in [0.1, 0.15) is 11.5 Å². The maximum atomic E-state index is 14.0. The number of aromatic amines is 2. The topological polar surface area (TPSA) is 57.4 Å². The fourth-order valence-corrected chi connectivity index (χ4v) is 2.58. The predicted octanol–water partition coefficient (Wildman–Crippen LogP) is 3.86. The lowest BCUT2D eigenvalue weighted by molar-refractivity contribution is 0.640. The molecule has 0 aliphatic heterocycles. The third-order valence-electron chi connectivity index (χ3n) is 3.86. The molecule has 0 radical (unpaired) electrons. The first-order valence-electron chi connectivity index (χ1n) is 6.73. The van der Waals surface area contributed by atoms with Gasteiger partial charge in [-0.1, -0.05) is 6.07 Å². The third kappa shape index (κ3) is 1.74. The van der Waals surface area contributed by atoms with Crippen molar-refractivity contribution in [1.82, 2.24) is 20.2 Å². The van der Waals surface area contributed by atoms with E-state index in [2.05, 4.69) is 27.1 Å². The smallest absolute Gasteiger partial charge is 0.159 e. The summed E-state index contributed by atoms with van der Waals surface area (Å²) >= 11 is 0. The number of fused-ring (bicyclic) bond motifs is 2. The van der Waals surface area contributed by atoms with Gasteiger partial charge in [0.15, 0.2) is 5.82 Å². The second-order valence-corrected chi connectivity index (χ2v) is 5.27. The number of halogens is 1. The van der Waals surface area contributed by atoms with Crippen LogP contribution >= 0.6 is 0 Å². The molecule has 104 valence electrons. The summed E-state index contributed by atoms with van der Waals surface area (Å²) in [7, 11) is 0. The van der Waals surface area contributed by atoms with Gasteiger partial charge in [0.05, 0.1) is 21.9 Å². The molecule has 0 aliphatic rings. The van der Waals surface area contributed by atoms with E-state index >= 15 is 0 Å². The van der Waals surface area contributed by atoms with Crippen LogP contribution in [0.2, 0.25) is 0 Å². The minimum absolute atomic E-state index is 0.302. The average Bonchev–Trinajstić information content (AvgIpc) is 3.03. The van der Waals surface area contributed by atoms with E-state index in [4.69, 9.17) is 0 Å². The lowest BCUT2D eigenvalue weighted by Gasteiger charge is -1.97. The highest BCUT2D eigenvalue weighted by Gasteiger charge is 2.15. The highest BCUT2D eigenvalue weighted by molar-refractivity contribution is 5.93. The summed E-state index contributed by atoms with van der Waals surface area (Å²) in [6, 6.07) is 8.96. The lowest BCUT2D eigenvalue weighted by atomic mass is 10.1. The lowest BCUT2D eigenvalue weighted by Crippen LogP contribution is -1.83. The Kier molecular flexibility index (Phi) is 2.39. The van der Waals surface area contributed by atoms with Crippen LogP contribution < -0.4 is 0 Å². The number of imidazole rings is 1. The Labute approximate surface area is 120 Å². The zero-order chi connectivity index (χ0) is 14.6. The van der Waals surface area contributed by atoms with Crippen LogP contribution in [0.25, 0.3) is 33.5 Å². The van der Waals surface area contributed by atoms with Gasteiger partial charge in [-0.3, -0.25) is 5.10 Å². The molecule has 5 heteroatoms. The van der Waals surface area contributed by atoms with Gasteiger partial charge < -0.3 is 4.98 Å². The maximum Gasteiger partial charge on any atom is 0.159 e. The van der Waals surface area contributed by atoms with E-state index in [1.165, 1.54) is 17.2 Å². The first kappa shape index (κ1) is 12.1. The molecule has 2 aromatic heterocycles. The minimum Gasteiger partial charge on any atom is -0.337 e. The number of hydrogen-bond donors (Lipinski definition) is 2. The van der Waals surface area contributed by atoms with Gasteiger partial charge in [-0.2, -0.15) is 5.10 Å². The highest BCUT2D eigenvalue weighted by atomic mass is 19.1. The van der Waals surface area contributed by atoms with Gasteiger partial charge in [0, 0.05) is 0 Å². The second kappa shape index (κ2) is 4.15. The summed E-state index contributed by atoms with van der Waals surface area (Å²) < 4.78 is 14.0. The molecule has 2 N–H and O–H groups in total. The molecule has 4 aromatic rings. The Balaban J connectivity index is 2.00. The standard InChI is InChI=1S/C16H13FN4/c1-8-6-12-13(7-9(8)2)19-16(18-12)15-14-10(17)4-3-5-11(14)20-21-15/h3-7H,1-2H3,(H,18,19)(H,20,21). The van der Waals surface area contributed by atoms with Crippen LogP contribution in [-0.4, -0.2) is 20.2 Å². The number of nitrogens with one attached hydrogen (secondary N) is 2. The van der Waals surface area contributed by atoms with Crippen molar-refractivity contribution in [3.05, 3.63) is 47.3 Å². The van der Waals surface area contributed by atoms with E-state index in [1.54, 1.807) is 12.1 Å². The molecular weight excluding hydrogens is 267 g/mol. The molecule has 0 fully saturated rings. The molecule has 4 rings (SSSR count). The van der Waals surface area contributed by atoms with Crippen molar-refractivity contribution in [2.75, 3.05) is 0 Å². The van der Waals surface area contributed by atoms with Crippen LogP contribution in [-0.2, 0) is 0 Å². The number of aryl methyl sites for hydroxylation is 2. The molecule has 4 nitrogen and oxygen atoms in total. The fourth-order valence-electron chi connectivity index (χ4n) is 2.58. The number of nitrogens with zero attached hydrogens (tertiary/aromatic N) is 2. The number of benzene rings is 2. The Bertz CT molecular complexity index is 942. The monoisotopic (exact) mass is 280 g/mol. The third-order valence-corrected chi connectivity index (χ3v) is 3.86. The Morgan fingerprint density at radius 1 is 1.05 bits per heavy atom. The zero-order valence-electron chi connectivity index (χ0n) is 11.7. The summed E-state index contributed by atoms with van der Waals surface area (Å²) in [4.78, 5) is 7.77. The van der Waals surface area contributed by atoms with Gasteiger partial charge in [-0.05, 0) is 49.2 Å². The number of rotatable bonds is 1. The van der Waals surface area contributed by atoms with Crippen molar-refractivity contribution in [3.63, 3.8) is 0 Å². The molecule has 0 atom stereocenters. The molecule has 0 bridgehead atoms. The van der Waals surface area contributed by atoms with Crippen molar-refractivity contribution in [1.29, 1.82) is 0 Å². The van der Waals surface area contributed by atoms with E-state index < -0.39 is 0 Å². The van der Waals surface area contributed by atoms with Crippen molar-refractivity contribution in [2.24, 2.45) is 0 Å². The SMILES string of the molecule is Cc1cc2nc(-c3n[nH]c4cccc(F)c34)[nH]c2cc1C. The molecule has 2 aromatic carbocycles. The Hall–Kier alpha value is -2.69. The molecule has 0 amide bonds. The number of aromatic nitrogens is 4. The molecule has 0 spiro atoms. The summed E-state index contributed by atoms with van der Waals surface area (Å²) in [5, 5.41) is 7.52. The molecule has 0 aliphatic carbocycles. The molecule has 21 heavy (non-hydrogen) atoms. The Morgan fingerprint density at radius 2 is 1.86 bits per heavy atom. The molecule has 0 unspecified atom stereocenters. The first-order chi connectivity index (χ1) is 10.1. The molecular formula is C16H13FN4. The van der Waals surface area contributed by atoms with E-state index in [-0.39, 0.29) is 5.82 Å². The number of hydrogen-bond acceptors (Lipinski definition) is 2. The summed E-state index contributed by atoms with van der Waals surface area (Å²) in [5.41, 5.74) is 5.34. The quantitative estimate of drug-likeness (QED) is 0.556. The van der Waals surface area contributed by atoms with Crippen LogP contribution in [0.3, 0.4) is 0 Å². The normalized spacial score (nSPS) is 11.6. The van der Waals surface area contributed by atoms with Crippen molar-refractivity contribution < 1.29 is 4.39 Å². The average molecular weight is 280 g/mol. The predicted molar refractivity (Wildman–Crippen MR) is 80.6 cm³/mol. The maximum absolute atomic E-state index is 14.0. The highest BCUT2D eigenvalue weighted by Crippen LogP contribution is 2.28. The van der Waals surface area contributed by atoms with Crippen molar-refractivity contribution >= 4 is 21.9 Å². The van der Waals surface area contributed by atoms with Crippen LogP contribution in [0.1, 0.15) is 11.1 Å². The molecule has 0 saturated heterocycles. The van der Waals surface area contributed by atoms with Gasteiger partial charge in [0.25, 0.3) is 0 Å². The largest absolute Gasteiger partial charge is 0.337 e. The summed E-state index contributed by atoms with van der Waals surface area (Å²) in [6.45, 7) is 4.10. The van der Waals surface area contributed by atoms with Crippen molar-refractivity contribution in [3.8, 4) is 11.5 Å². The summed E-state index contributed by atoms with van der Waals surface area (Å²) in [5.74, 6) is 0.274. The number of H-pyrrole nitrogens is 2. The van der Waals surface area contributed by atoms with E-state index in [0.717, 1.165) is 11.0 Å². The Morgan fingerprint density at radius 3 is 2.71 bits per heavy atom. The minimum atomic E-state index is -0.302. The second-order valence-electron chi connectivity index (χ2n) is 5.27. The zero-order valence-corrected chi connectivity index (χ0v) is 11.7. The van der Waals surface area contributed by atoms with E-state index in [9.17, 15) is 4.39 Å². The molecule has 0 saturated carbocycles. The van der Waals surface area contributed by atoms with E-state index in [0.29, 0.717) is 22.4 Å². The van der Waals surface area contributed by atoms with Crippen LogP contribution in [0.5, 0.6) is 0 Å².